The molecular formula is C17H11Cl2N5S. The van der Waals surface area contributed by atoms with Crippen LogP contribution >= 0.6 is 35.0 Å². The van der Waals surface area contributed by atoms with Gasteiger partial charge in [0.25, 0.3) is 0 Å². The molecule has 2 N–H and O–H groups in total. The fraction of sp³-hybridized carbons (Fsp3) is 0.0588. The van der Waals surface area contributed by atoms with E-state index in [0.717, 1.165) is 16.2 Å². The van der Waals surface area contributed by atoms with Gasteiger partial charge >= 0.3 is 0 Å². The van der Waals surface area contributed by atoms with E-state index < -0.39 is 0 Å². The molecule has 0 aromatic carbocycles. The van der Waals surface area contributed by atoms with Crippen molar-refractivity contribution in [2.75, 3.05) is 5.73 Å². The molecule has 0 saturated carbocycles. The highest BCUT2D eigenvalue weighted by molar-refractivity contribution is 7.99. The Bertz CT molecular complexity index is 981. The molecule has 0 radical (unpaired) electrons. The minimum Gasteiger partial charge on any atom is -0.381 e. The highest BCUT2D eigenvalue weighted by atomic mass is 35.5. The van der Waals surface area contributed by atoms with Gasteiger partial charge in [-0.2, -0.15) is 0 Å². The maximum atomic E-state index is 6.42. The largest absolute Gasteiger partial charge is 0.381 e. The van der Waals surface area contributed by atoms with Crippen LogP contribution in [0.15, 0.2) is 46.7 Å². The molecule has 0 amide bonds. The summed E-state index contributed by atoms with van der Waals surface area (Å²) in [5, 5.41) is 1.18. The third-order valence-corrected chi connectivity index (χ3v) is 4.78. The molecule has 3 heterocycles. The van der Waals surface area contributed by atoms with E-state index in [9.17, 15) is 0 Å². The Hall–Kier alpha value is -2.33. The molecule has 0 aliphatic heterocycles. The van der Waals surface area contributed by atoms with Crippen molar-refractivity contribution in [3.05, 3.63) is 63.9 Å². The zero-order chi connectivity index (χ0) is 17.8. The van der Waals surface area contributed by atoms with Gasteiger partial charge in [-0.05, 0) is 31.0 Å². The van der Waals surface area contributed by atoms with E-state index in [4.69, 9.17) is 28.9 Å². The van der Waals surface area contributed by atoms with Crippen LogP contribution in [0.25, 0.3) is 0 Å². The van der Waals surface area contributed by atoms with Crippen LogP contribution in [0.1, 0.15) is 17.0 Å². The van der Waals surface area contributed by atoms with Gasteiger partial charge in [-0.25, -0.2) is 15.0 Å². The zero-order valence-corrected chi connectivity index (χ0v) is 15.3. The molecule has 0 saturated heterocycles. The third kappa shape index (κ3) is 4.40. The number of pyridine rings is 2. The lowest BCUT2D eigenvalue weighted by atomic mass is 10.2. The van der Waals surface area contributed by atoms with Gasteiger partial charge in [0.2, 0.25) is 0 Å². The highest BCUT2D eigenvalue weighted by Crippen LogP contribution is 2.35. The predicted molar refractivity (Wildman–Crippen MR) is 99.8 cm³/mol. The maximum Gasteiger partial charge on any atom is 0.158 e. The van der Waals surface area contributed by atoms with Crippen molar-refractivity contribution in [3.63, 3.8) is 0 Å². The Morgan fingerprint density at radius 2 is 1.88 bits per heavy atom. The molecule has 0 fully saturated rings. The minimum absolute atomic E-state index is 0.237. The fourth-order valence-electron chi connectivity index (χ4n) is 1.82. The van der Waals surface area contributed by atoms with Crippen molar-refractivity contribution >= 4 is 40.8 Å². The number of nitrogens with two attached hydrogens (primary N) is 1. The van der Waals surface area contributed by atoms with E-state index in [1.807, 2.05) is 19.1 Å². The van der Waals surface area contributed by atoms with Gasteiger partial charge in [0, 0.05) is 28.5 Å². The average molecular weight is 388 g/mol. The van der Waals surface area contributed by atoms with Gasteiger partial charge in [0.1, 0.15) is 15.9 Å². The topological polar surface area (TPSA) is 77.6 Å². The van der Waals surface area contributed by atoms with Crippen LogP contribution in [-0.2, 0) is 0 Å². The number of anilines is 1. The summed E-state index contributed by atoms with van der Waals surface area (Å²) in [6.45, 7) is 1.92. The maximum absolute atomic E-state index is 6.42. The molecule has 8 heteroatoms. The summed E-state index contributed by atoms with van der Waals surface area (Å²) in [4.78, 5) is 17.3. The molecule has 0 bridgehead atoms. The summed E-state index contributed by atoms with van der Waals surface area (Å²) >= 11 is 13.5. The molecule has 0 aliphatic carbocycles. The zero-order valence-electron chi connectivity index (χ0n) is 13.0. The fourth-order valence-corrected chi connectivity index (χ4v) is 3.01. The van der Waals surface area contributed by atoms with E-state index >= 15 is 0 Å². The van der Waals surface area contributed by atoms with Crippen molar-refractivity contribution in [1.82, 2.24) is 19.9 Å². The second kappa shape index (κ2) is 7.70. The summed E-state index contributed by atoms with van der Waals surface area (Å²) in [6.07, 6.45) is 4.77. The summed E-state index contributed by atoms with van der Waals surface area (Å²) < 4.78 is 0. The number of rotatable bonds is 2. The molecule has 0 aliphatic rings. The van der Waals surface area contributed by atoms with Crippen molar-refractivity contribution in [2.45, 2.75) is 16.8 Å². The Labute approximate surface area is 159 Å². The van der Waals surface area contributed by atoms with Gasteiger partial charge < -0.3 is 5.73 Å². The van der Waals surface area contributed by atoms with Gasteiger partial charge in [0.05, 0.1) is 11.2 Å². The summed E-state index contributed by atoms with van der Waals surface area (Å²) in [7, 11) is 0. The second-order valence-corrected chi connectivity index (χ2v) is 6.69. The molecule has 0 spiro atoms. The Kier molecular flexibility index (Phi) is 5.39. The van der Waals surface area contributed by atoms with Crippen LogP contribution in [0.3, 0.4) is 0 Å². The first-order valence-corrected chi connectivity index (χ1v) is 8.65. The normalized spacial score (nSPS) is 10.2. The first-order valence-electron chi connectivity index (χ1n) is 7.08. The second-order valence-electron chi connectivity index (χ2n) is 4.90. The SMILES string of the molecule is Cc1ccc(C#Cc2nccc(Sc3ncc(Cl)nc3N)c2Cl)cn1. The monoisotopic (exact) mass is 387 g/mol. The summed E-state index contributed by atoms with van der Waals surface area (Å²) in [5.74, 6) is 6.20. The Morgan fingerprint density at radius 1 is 1.04 bits per heavy atom. The van der Waals surface area contributed by atoms with Crippen molar-refractivity contribution in [3.8, 4) is 11.8 Å². The third-order valence-electron chi connectivity index (χ3n) is 3.03. The minimum atomic E-state index is 0.237. The number of halogens is 2. The van der Waals surface area contributed by atoms with Crippen molar-refractivity contribution in [1.29, 1.82) is 0 Å². The number of hydrogen-bond donors (Lipinski definition) is 1. The molecule has 5 nitrogen and oxygen atoms in total. The molecule has 3 rings (SSSR count). The van der Waals surface area contributed by atoms with Gasteiger partial charge in [-0.3, -0.25) is 4.98 Å². The highest BCUT2D eigenvalue weighted by Gasteiger charge is 2.11. The Morgan fingerprint density at radius 3 is 2.60 bits per heavy atom. The molecule has 3 aromatic heterocycles. The first-order chi connectivity index (χ1) is 12.0. The number of aromatic nitrogens is 4. The average Bonchev–Trinajstić information content (AvgIpc) is 2.59. The number of nitrogen functional groups attached to an aromatic ring is 1. The van der Waals surface area contributed by atoms with E-state index in [0.29, 0.717) is 15.7 Å². The smallest absolute Gasteiger partial charge is 0.158 e. The lowest BCUT2D eigenvalue weighted by Crippen LogP contribution is -1.96. The number of hydrogen-bond acceptors (Lipinski definition) is 6. The number of aryl methyl sites for hydroxylation is 1. The van der Waals surface area contributed by atoms with Crippen LogP contribution in [0.2, 0.25) is 10.2 Å². The van der Waals surface area contributed by atoms with Gasteiger partial charge in [-0.1, -0.05) is 40.9 Å². The molecule has 3 aromatic rings. The lowest BCUT2D eigenvalue weighted by molar-refractivity contribution is 1.07. The Balaban J connectivity index is 1.89. The predicted octanol–water partition coefficient (Wildman–Crippen LogP) is 4.02. The van der Waals surface area contributed by atoms with E-state index in [2.05, 4.69) is 31.8 Å². The summed E-state index contributed by atoms with van der Waals surface area (Å²) in [6, 6.07) is 5.56. The molecule has 25 heavy (non-hydrogen) atoms. The van der Waals surface area contributed by atoms with Crippen molar-refractivity contribution < 1.29 is 0 Å². The standard InChI is InChI=1S/C17H11Cl2N5S/c1-10-2-3-11(8-22-10)4-5-12-15(19)13(6-7-21-12)25-17-16(20)24-14(18)9-23-17/h2-3,6-9H,1H3,(H2,20,24). The van der Waals surface area contributed by atoms with Gasteiger partial charge in [-0.15, -0.1) is 0 Å². The van der Waals surface area contributed by atoms with Crippen LogP contribution in [0.4, 0.5) is 5.82 Å². The van der Waals surface area contributed by atoms with Crippen LogP contribution < -0.4 is 5.73 Å². The van der Waals surface area contributed by atoms with Crippen LogP contribution in [0, 0.1) is 18.8 Å². The van der Waals surface area contributed by atoms with E-state index in [-0.39, 0.29) is 11.0 Å². The van der Waals surface area contributed by atoms with E-state index in [1.165, 1.54) is 18.0 Å². The quantitative estimate of drug-likeness (QED) is 0.669. The summed E-state index contributed by atoms with van der Waals surface area (Å²) in [5.41, 5.74) is 8.02. The molecule has 124 valence electrons. The van der Waals surface area contributed by atoms with Crippen LogP contribution in [-0.4, -0.2) is 19.9 Å². The van der Waals surface area contributed by atoms with Crippen LogP contribution in [0.5, 0.6) is 0 Å². The molecule has 0 unspecified atom stereocenters. The van der Waals surface area contributed by atoms with Crippen molar-refractivity contribution in [2.24, 2.45) is 0 Å². The van der Waals surface area contributed by atoms with E-state index in [1.54, 1.807) is 18.5 Å². The first kappa shape index (κ1) is 17.5. The van der Waals surface area contributed by atoms with Gasteiger partial charge in [0.15, 0.2) is 5.82 Å². The number of nitrogens with zero attached hydrogens (tertiary/aromatic N) is 4. The molecular weight excluding hydrogens is 377 g/mol. The lowest BCUT2D eigenvalue weighted by Gasteiger charge is -2.06. The molecule has 0 atom stereocenters.